The van der Waals surface area contributed by atoms with Crippen molar-refractivity contribution in [3.63, 3.8) is 0 Å². The summed E-state index contributed by atoms with van der Waals surface area (Å²) in [6.45, 7) is 2.55. The topological polar surface area (TPSA) is 91.7 Å². The second kappa shape index (κ2) is 10.9. The van der Waals surface area contributed by atoms with Gasteiger partial charge in [-0.15, -0.1) is 0 Å². The Bertz CT molecular complexity index is 1410. The van der Waals surface area contributed by atoms with Crippen LogP contribution >= 0.6 is 24.0 Å². The van der Waals surface area contributed by atoms with Gasteiger partial charge in [-0.3, -0.25) is 15.0 Å². The fraction of sp³-hybridized carbons (Fsp3) is 0.419. The van der Waals surface area contributed by atoms with Crippen LogP contribution in [0.3, 0.4) is 0 Å². The Balaban J connectivity index is 1.16. The van der Waals surface area contributed by atoms with Crippen LogP contribution in [0, 0.1) is 34.5 Å². The lowest BCUT2D eigenvalue weighted by Crippen LogP contribution is -2.57. The van der Waals surface area contributed by atoms with Gasteiger partial charge in [0, 0.05) is 5.56 Å². The van der Waals surface area contributed by atoms with Crippen LogP contribution in [-0.4, -0.2) is 27.8 Å². The summed E-state index contributed by atoms with van der Waals surface area (Å²) in [6, 6.07) is 14.9. The molecule has 2 aromatic carbocycles. The average Bonchev–Trinajstić information content (AvgIpc) is 3.19. The first-order valence-electron chi connectivity index (χ1n) is 13.8. The molecular formula is C31H31N3O4S2. The fourth-order valence-corrected chi connectivity index (χ4v) is 8.42. The largest absolute Gasteiger partial charge is 0.490 e. The van der Waals surface area contributed by atoms with E-state index in [2.05, 4.69) is 11.5 Å². The van der Waals surface area contributed by atoms with Crippen molar-refractivity contribution >= 4 is 46.2 Å². The Morgan fingerprint density at radius 2 is 1.82 bits per heavy atom. The molecule has 4 saturated carbocycles. The minimum Gasteiger partial charge on any atom is -0.490 e. The second-order valence-electron chi connectivity index (χ2n) is 11.4. The van der Waals surface area contributed by atoms with Crippen LogP contribution in [0.4, 0.5) is 0 Å². The van der Waals surface area contributed by atoms with Gasteiger partial charge in [-0.1, -0.05) is 36.0 Å². The Morgan fingerprint density at radius 3 is 2.50 bits per heavy atom. The zero-order chi connectivity index (χ0) is 27.9. The van der Waals surface area contributed by atoms with E-state index in [9.17, 15) is 14.9 Å². The minimum absolute atomic E-state index is 0.0535. The second-order valence-corrected chi connectivity index (χ2v) is 13.0. The van der Waals surface area contributed by atoms with Crippen LogP contribution in [-0.2, 0) is 16.2 Å². The lowest BCUT2D eigenvalue weighted by Gasteiger charge is -2.55. The maximum atomic E-state index is 13.5. The Hall–Kier alpha value is -3.35. The molecule has 40 heavy (non-hydrogen) atoms. The van der Waals surface area contributed by atoms with Gasteiger partial charge in [0.15, 0.2) is 15.8 Å². The van der Waals surface area contributed by atoms with E-state index in [1.165, 1.54) is 36.0 Å². The van der Waals surface area contributed by atoms with E-state index >= 15 is 0 Å². The molecule has 9 heteroatoms. The standard InChI is InChI=1S/C31H31N3O4S2/c1-2-37-26-12-19(7-8-25(26)38-18-24-6-4-3-5-23(24)17-32)13-27-28(35)34(30(39)40-27)33-29(36)31-14-20-9-21(15-31)11-22(10-20)16-31/h3-8,12-13,20-22H,2,9-11,14-16,18H2,1H3,(H,33,36)/b27-13+. The maximum Gasteiger partial charge on any atom is 0.285 e. The number of thiocarbonyl (C=S) groups is 1. The highest BCUT2D eigenvalue weighted by Gasteiger charge is 2.55. The van der Waals surface area contributed by atoms with Crippen molar-refractivity contribution in [3.05, 3.63) is 64.1 Å². The number of nitrogens with zero attached hydrogens (tertiary/aromatic N) is 2. The first-order chi connectivity index (χ1) is 19.4. The summed E-state index contributed by atoms with van der Waals surface area (Å²) in [4.78, 5) is 27.3. The predicted molar refractivity (Wildman–Crippen MR) is 157 cm³/mol. The van der Waals surface area contributed by atoms with Gasteiger partial charge < -0.3 is 9.47 Å². The zero-order valence-electron chi connectivity index (χ0n) is 22.4. The fourth-order valence-electron chi connectivity index (χ4n) is 7.24. The number of hydrogen-bond donors (Lipinski definition) is 1. The molecule has 206 valence electrons. The number of amides is 2. The molecule has 1 aliphatic heterocycles. The summed E-state index contributed by atoms with van der Waals surface area (Å²) in [5.41, 5.74) is 4.65. The number of rotatable bonds is 8. The van der Waals surface area contributed by atoms with Crippen LogP contribution in [0.1, 0.15) is 62.1 Å². The molecule has 1 heterocycles. The molecule has 4 aliphatic carbocycles. The number of nitrogens with one attached hydrogen (secondary N) is 1. The van der Waals surface area contributed by atoms with E-state index in [0.717, 1.165) is 30.4 Å². The summed E-state index contributed by atoms with van der Waals surface area (Å²) in [5.74, 6) is 2.61. The normalized spacial score (nSPS) is 27.6. The Labute approximate surface area is 243 Å². The van der Waals surface area contributed by atoms with Crippen molar-refractivity contribution in [3.8, 4) is 17.6 Å². The Morgan fingerprint density at radius 1 is 1.12 bits per heavy atom. The van der Waals surface area contributed by atoms with Gasteiger partial charge in [-0.25, -0.2) is 0 Å². The van der Waals surface area contributed by atoms with E-state index in [-0.39, 0.29) is 23.8 Å². The van der Waals surface area contributed by atoms with Crippen molar-refractivity contribution in [2.24, 2.45) is 23.2 Å². The number of thioether (sulfide) groups is 1. The molecule has 5 fully saturated rings. The van der Waals surface area contributed by atoms with Crippen molar-refractivity contribution in [2.45, 2.75) is 52.1 Å². The van der Waals surface area contributed by atoms with Crippen molar-refractivity contribution in [1.29, 1.82) is 5.26 Å². The van der Waals surface area contributed by atoms with E-state index in [1.54, 1.807) is 18.2 Å². The number of carbonyl (C=O) groups excluding carboxylic acids is 2. The number of carbonyl (C=O) groups is 2. The average molecular weight is 574 g/mol. The van der Waals surface area contributed by atoms with E-state index in [4.69, 9.17) is 21.7 Å². The van der Waals surface area contributed by atoms with Crippen LogP contribution in [0.25, 0.3) is 6.08 Å². The molecule has 2 amide bonds. The van der Waals surface area contributed by atoms with Gasteiger partial charge in [0.05, 0.1) is 28.6 Å². The smallest absolute Gasteiger partial charge is 0.285 e. The predicted octanol–water partition coefficient (Wildman–Crippen LogP) is 5.98. The third-order valence-corrected chi connectivity index (χ3v) is 9.92. The number of nitriles is 1. The molecule has 1 N–H and O–H groups in total. The number of hydrazine groups is 1. The lowest BCUT2D eigenvalue weighted by atomic mass is 9.49. The third-order valence-electron chi connectivity index (χ3n) is 8.61. The van der Waals surface area contributed by atoms with Gasteiger partial charge in [0.1, 0.15) is 6.61 Å². The molecule has 7 nitrogen and oxygen atoms in total. The van der Waals surface area contributed by atoms with Crippen molar-refractivity contribution < 1.29 is 19.1 Å². The maximum absolute atomic E-state index is 13.5. The number of ether oxygens (including phenoxy) is 2. The summed E-state index contributed by atoms with van der Waals surface area (Å²) in [6.07, 6.45) is 8.27. The van der Waals surface area contributed by atoms with Crippen LogP contribution in [0.2, 0.25) is 0 Å². The molecule has 0 radical (unpaired) electrons. The first-order valence-corrected chi connectivity index (χ1v) is 15.1. The van der Waals surface area contributed by atoms with Gasteiger partial charge in [-0.05, 0) is 105 Å². The van der Waals surface area contributed by atoms with Gasteiger partial charge in [0.25, 0.3) is 5.91 Å². The van der Waals surface area contributed by atoms with Crippen LogP contribution in [0.15, 0.2) is 47.4 Å². The van der Waals surface area contributed by atoms with Crippen molar-refractivity contribution in [2.75, 3.05) is 6.61 Å². The first kappa shape index (κ1) is 26.9. The lowest BCUT2D eigenvalue weighted by molar-refractivity contribution is -0.152. The van der Waals surface area contributed by atoms with E-state index in [1.807, 2.05) is 37.3 Å². The highest BCUT2D eigenvalue weighted by atomic mass is 32.2. The summed E-state index contributed by atoms with van der Waals surface area (Å²) >= 11 is 6.69. The summed E-state index contributed by atoms with van der Waals surface area (Å²) < 4.78 is 12.1. The highest BCUT2D eigenvalue weighted by molar-refractivity contribution is 8.26. The minimum atomic E-state index is -0.363. The quantitative estimate of drug-likeness (QED) is 0.307. The molecule has 1 saturated heterocycles. The monoisotopic (exact) mass is 573 g/mol. The van der Waals surface area contributed by atoms with Crippen molar-refractivity contribution in [1.82, 2.24) is 10.4 Å². The molecule has 4 bridgehead atoms. The zero-order valence-corrected chi connectivity index (χ0v) is 24.0. The molecule has 0 spiro atoms. The van der Waals surface area contributed by atoms with Crippen LogP contribution in [0.5, 0.6) is 11.5 Å². The SMILES string of the molecule is CCOc1cc(/C=C2/SC(=S)N(NC(=O)C34CC5CC(CC(C5)C3)C4)C2=O)ccc1OCc1ccccc1C#N. The molecular weight excluding hydrogens is 542 g/mol. The molecule has 0 atom stereocenters. The molecule has 5 aliphatic rings. The van der Waals surface area contributed by atoms with Gasteiger partial charge in [-0.2, -0.15) is 10.3 Å². The van der Waals surface area contributed by atoms with E-state index in [0.29, 0.717) is 50.6 Å². The molecule has 0 aromatic heterocycles. The summed E-state index contributed by atoms with van der Waals surface area (Å²) in [5, 5.41) is 10.6. The summed E-state index contributed by atoms with van der Waals surface area (Å²) in [7, 11) is 0. The van der Waals surface area contributed by atoms with E-state index < -0.39 is 0 Å². The van der Waals surface area contributed by atoms with Gasteiger partial charge >= 0.3 is 0 Å². The highest BCUT2D eigenvalue weighted by Crippen LogP contribution is 2.60. The van der Waals surface area contributed by atoms with Crippen LogP contribution < -0.4 is 14.9 Å². The number of hydrogen-bond acceptors (Lipinski definition) is 7. The number of benzene rings is 2. The molecule has 7 rings (SSSR count). The Kier molecular flexibility index (Phi) is 7.32. The molecule has 2 aromatic rings. The van der Waals surface area contributed by atoms with Gasteiger partial charge in [0.2, 0.25) is 5.91 Å². The molecule has 0 unspecified atom stereocenters. The third kappa shape index (κ3) is 5.11.